The van der Waals surface area contributed by atoms with Crippen molar-refractivity contribution in [3.05, 3.63) is 22.8 Å². The second kappa shape index (κ2) is 3.27. The Balaban J connectivity index is 1.83. The highest BCUT2D eigenvalue weighted by Crippen LogP contribution is 2.44. The molecule has 0 spiro atoms. The van der Waals surface area contributed by atoms with E-state index in [0.29, 0.717) is 5.92 Å². The molecule has 0 atom stereocenters. The molecule has 3 aliphatic rings. The molecule has 3 nitrogen and oxygen atoms in total. The van der Waals surface area contributed by atoms with Crippen molar-refractivity contribution >= 4 is 0 Å². The largest absolute Gasteiger partial charge is 0.312 e. The van der Waals surface area contributed by atoms with Gasteiger partial charge in [-0.2, -0.15) is 0 Å². The lowest BCUT2D eigenvalue weighted by Gasteiger charge is -2.20. The number of rotatable bonds is 2. The molecule has 0 aromatic carbocycles. The summed E-state index contributed by atoms with van der Waals surface area (Å²) in [6.07, 6.45) is 6.39. The van der Waals surface area contributed by atoms with Crippen molar-refractivity contribution in [1.82, 2.24) is 15.3 Å². The van der Waals surface area contributed by atoms with Crippen LogP contribution in [0.4, 0.5) is 0 Å². The second-order valence-electron chi connectivity index (χ2n) is 5.37. The Labute approximate surface area is 95.7 Å². The quantitative estimate of drug-likeness (QED) is 0.818. The third-order valence-electron chi connectivity index (χ3n) is 3.89. The molecule has 0 unspecified atom stereocenters. The van der Waals surface area contributed by atoms with Crippen LogP contribution in [0.15, 0.2) is 0 Å². The van der Waals surface area contributed by atoms with Gasteiger partial charge in [0.05, 0.1) is 11.4 Å². The molecule has 0 radical (unpaired) electrons. The first kappa shape index (κ1) is 9.11. The number of nitrogens with one attached hydrogen (secondary N) is 1. The van der Waals surface area contributed by atoms with Crippen LogP contribution >= 0.6 is 0 Å². The summed E-state index contributed by atoms with van der Waals surface area (Å²) < 4.78 is 0. The van der Waals surface area contributed by atoms with Gasteiger partial charge in [0.25, 0.3) is 0 Å². The van der Waals surface area contributed by atoms with E-state index in [9.17, 15) is 0 Å². The SMILES string of the molecule is C1Cc2nc(C3CC3)nc(C3CC3)c2CN1. The number of fused-ring (bicyclic) bond motifs is 1. The van der Waals surface area contributed by atoms with Gasteiger partial charge >= 0.3 is 0 Å². The van der Waals surface area contributed by atoms with Crippen molar-refractivity contribution in [2.45, 2.75) is 50.5 Å². The van der Waals surface area contributed by atoms with Crippen molar-refractivity contribution < 1.29 is 0 Å². The maximum absolute atomic E-state index is 4.86. The van der Waals surface area contributed by atoms with Crippen LogP contribution < -0.4 is 5.32 Å². The van der Waals surface area contributed by atoms with Gasteiger partial charge < -0.3 is 5.32 Å². The van der Waals surface area contributed by atoms with Crippen molar-refractivity contribution in [2.24, 2.45) is 0 Å². The molecule has 1 aromatic rings. The molecular formula is C13H17N3. The Hall–Kier alpha value is -0.960. The summed E-state index contributed by atoms with van der Waals surface area (Å²) >= 11 is 0. The fourth-order valence-corrected chi connectivity index (χ4v) is 2.61. The molecule has 3 heteroatoms. The van der Waals surface area contributed by atoms with E-state index in [1.807, 2.05) is 0 Å². The number of aromatic nitrogens is 2. The molecule has 2 fully saturated rings. The first-order valence-electron chi connectivity index (χ1n) is 6.52. The van der Waals surface area contributed by atoms with Crippen molar-refractivity contribution in [3.8, 4) is 0 Å². The molecule has 4 rings (SSSR count). The minimum Gasteiger partial charge on any atom is -0.312 e. The van der Waals surface area contributed by atoms with Gasteiger partial charge in [0.1, 0.15) is 5.82 Å². The summed E-state index contributed by atoms with van der Waals surface area (Å²) in [4.78, 5) is 9.65. The minimum absolute atomic E-state index is 0.692. The molecule has 84 valence electrons. The highest BCUT2D eigenvalue weighted by Gasteiger charge is 2.34. The normalized spacial score (nSPS) is 24.2. The molecule has 1 aromatic heterocycles. The predicted molar refractivity (Wildman–Crippen MR) is 61.4 cm³/mol. The monoisotopic (exact) mass is 215 g/mol. The fourth-order valence-electron chi connectivity index (χ4n) is 2.61. The third kappa shape index (κ3) is 1.46. The Morgan fingerprint density at radius 3 is 2.56 bits per heavy atom. The van der Waals surface area contributed by atoms with E-state index in [1.165, 1.54) is 42.6 Å². The maximum Gasteiger partial charge on any atom is 0.131 e. The first-order valence-corrected chi connectivity index (χ1v) is 6.52. The van der Waals surface area contributed by atoms with Gasteiger partial charge in [-0.3, -0.25) is 0 Å². The van der Waals surface area contributed by atoms with E-state index in [1.54, 1.807) is 0 Å². The molecule has 16 heavy (non-hydrogen) atoms. The Kier molecular flexibility index (Phi) is 1.86. The minimum atomic E-state index is 0.692. The van der Waals surface area contributed by atoms with Crippen LogP contribution in [-0.2, 0) is 13.0 Å². The highest BCUT2D eigenvalue weighted by atomic mass is 15.0. The van der Waals surface area contributed by atoms with Crippen LogP contribution in [0.2, 0.25) is 0 Å². The zero-order valence-electron chi connectivity index (χ0n) is 9.50. The van der Waals surface area contributed by atoms with Gasteiger partial charge in [-0.15, -0.1) is 0 Å². The van der Waals surface area contributed by atoms with Crippen LogP contribution in [0.3, 0.4) is 0 Å². The van der Waals surface area contributed by atoms with Crippen molar-refractivity contribution in [3.63, 3.8) is 0 Å². The zero-order valence-corrected chi connectivity index (χ0v) is 9.50. The van der Waals surface area contributed by atoms with Gasteiger partial charge in [-0.25, -0.2) is 9.97 Å². The molecular weight excluding hydrogens is 198 g/mol. The van der Waals surface area contributed by atoms with Crippen LogP contribution in [0.25, 0.3) is 0 Å². The van der Waals surface area contributed by atoms with E-state index in [4.69, 9.17) is 9.97 Å². The molecule has 1 aliphatic heterocycles. The lowest BCUT2D eigenvalue weighted by molar-refractivity contribution is 0.609. The molecule has 2 heterocycles. The van der Waals surface area contributed by atoms with E-state index in [2.05, 4.69) is 5.32 Å². The van der Waals surface area contributed by atoms with Gasteiger partial charge in [0, 0.05) is 36.9 Å². The molecule has 2 aliphatic carbocycles. The van der Waals surface area contributed by atoms with Gasteiger partial charge in [0.15, 0.2) is 0 Å². The Morgan fingerprint density at radius 2 is 1.81 bits per heavy atom. The zero-order chi connectivity index (χ0) is 10.5. The molecule has 2 saturated carbocycles. The summed E-state index contributed by atoms with van der Waals surface area (Å²) in [5.41, 5.74) is 4.16. The number of hydrogen-bond acceptors (Lipinski definition) is 3. The average Bonchev–Trinajstić information content (AvgIpc) is 3.19. The van der Waals surface area contributed by atoms with E-state index in [-0.39, 0.29) is 0 Å². The number of hydrogen-bond donors (Lipinski definition) is 1. The Morgan fingerprint density at radius 1 is 1.00 bits per heavy atom. The predicted octanol–water partition coefficient (Wildman–Crippen LogP) is 1.88. The van der Waals surface area contributed by atoms with E-state index < -0.39 is 0 Å². The molecule has 0 saturated heterocycles. The summed E-state index contributed by atoms with van der Waals surface area (Å²) in [6, 6.07) is 0. The fraction of sp³-hybridized carbons (Fsp3) is 0.692. The third-order valence-corrected chi connectivity index (χ3v) is 3.89. The van der Waals surface area contributed by atoms with Crippen molar-refractivity contribution in [2.75, 3.05) is 6.54 Å². The molecule has 0 amide bonds. The summed E-state index contributed by atoms with van der Waals surface area (Å²) in [5.74, 6) is 2.61. The van der Waals surface area contributed by atoms with Crippen molar-refractivity contribution in [1.29, 1.82) is 0 Å². The highest BCUT2D eigenvalue weighted by molar-refractivity contribution is 5.34. The van der Waals surface area contributed by atoms with Gasteiger partial charge in [-0.1, -0.05) is 0 Å². The number of nitrogens with zero attached hydrogens (tertiary/aromatic N) is 2. The van der Waals surface area contributed by atoms with E-state index in [0.717, 1.165) is 31.3 Å². The summed E-state index contributed by atoms with van der Waals surface area (Å²) in [6.45, 7) is 2.07. The van der Waals surface area contributed by atoms with E-state index >= 15 is 0 Å². The lowest BCUT2D eigenvalue weighted by Crippen LogP contribution is -2.27. The first-order chi connectivity index (χ1) is 7.92. The van der Waals surface area contributed by atoms with Crippen LogP contribution in [0, 0.1) is 0 Å². The maximum atomic E-state index is 4.86. The molecule has 1 N–H and O–H groups in total. The Bertz CT molecular complexity index is 433. The topological polar surface area (TPSA) is 37.8 Å². The van der Waals surface area contributed by atoms with Gasteiger partial charge in [0.2, 0.25) is 0 Å². The summed E-state index contributed by atoms with van der Waals surface area (Å²) in [5, 5.41) is 3.45. The second-order valence-corrected chi connectivity index (χ2v) is 5.37. The standard InChI is InChI=1S/C13H17N3/c1-2-8(1)12-10-7-14-6-5-11(10)15-13(16-12)9-3-4-9/h8-9,14H,1-7H2. The van der Waals surface area contributed by atoms with Crippen LogP contribution in [0.5, 0.6) is 0 Å². The smallest absolute Gasteiger partial charge is 0.131 e. The van der Waals surface area contributed by atoms with Crippen LogP contribution in [-0.4, -0.2) is 16.5 Å². The lowest BCUT2D eigenvalue weighted by atomic mass is 10.0. The molecule has 0 bridgehead atoms. The average molecular weight is 215 g/mol. The summed E-state index contributed by atoms with van der Waals surface area (Å²) in [7, 11) is 0. The van der Waals surface area contributed by atoms with Gasteiger partial charge in [-0.05, 0) is 25.7 Å². The van der Waals surface area contributed by atoms with Crippen LogP contribution in [0.1, 0.15) is 60.3 Å².